The highest BCUT2D eigenvalue weighted by Crippen LogP contribution is 2.28. The van der Waals surface area contributed by atoms with Gasteiger partial charge in [-0.1, -0.05) is 0 Å². The summed E-state index contributed by atoms with van der Waals surface area (Å²) in [5, 5.41) is 0.633. The van der Waals surface area contributed by atoms with E-state index in [4.69, 9.17) is 12.2 Å². The first-order valence-corrected chi connectivity index (χ1v) is 9.80. The van der Waals surface area contributed by atoms with Crippen molar-refractivity contribution in [2.45, 2.75) is 32.7 Å². The summed E-state index contributed by atoms with van der Waals surface area (Å²) in [5.74, 6) is 0.200. The van der Waals surface area contributed by atoms with E-state index in [-0.39, 0.29) is 23.1 Å². The summed E-state index contributed by atoms with van der Waals surface area (Å²) >= 11 is 6.80. The number of rotatable bonds is 1. The van der Waals surface area contributed by atoms with Crippen molar-refractivity contribution in [2.75, 3.05) is 11.5 Å². The number of aryl methyl sites for hydroxylation is 2. The van der Waals surface area contributed by atoms with E-state index in [0.717, 1.165) is 15.3 Å². The molecule has 1 unspecified atom stereocenters. The third kappa shape index (κ3) is 2.49. The second-order valence-corrected chi connectivity index (χ2v) is 9.34. The zero-order valence-electron chi connectivity index (χ0n) is 11.8. The van der Waals surface area contributed by atoms with Gasteiger partial charge in [0.25, 0.3) is 5.56 Å². The average Bonchev–Trinajstić information content (AvgIpc) is 2.63. The van der Waals surface area contributed by atoms with E-state index in [0.29, 0.717) is 23.0 Å². The molecule has 0 bridgehead atoms. The van der Waals surface area contributed by atoms with E-state index in [1.807, 2.05) is 13.8 Å². The number of thiophene rings is 1. The minimum Gasteiger partial charge on any atom is -0.323 e. The molecule has 5 nitrogen and oxygen atoms in total. The third-order valence-corrected chi connectivity index (χ3v) is 7.29. The van der Waals surface area contributed by atoms with Crippen molar-refractivity contribution in [3.05, 3.63) is 25.6 Å². The van der Waals surface area contributed by atoms with E-state index in [9.17, 15) is 13.2 Å². The molecule has 0 aliphatic carbocycles. The van der Waals surface area contributed by atoms with Crippen LogP contribution in [0.2, 0.25) is 0 Å². The van der Waals surface area contributed by atoms with Crippen LogP contribution in [0.5, 0.6) is 0 Å². The molecular weight excluding hydrogens is 328 g/mol. The van der Waals surface area contributed by atoms with Crippen LogP contribution >= 0.6 is 23.6 Å². The maximum Gasteiger partial charge on any atom is 0.263 e. The average molecular weight is 344 g/mol. The van der Waals surface area contributed by atoms with Gasteiger partial charge >= 0.3 is 0 Å². The Morgan fingerprint density at radius 3 is 2.76 bits per heavy atom. The molecule has 2 aromatic rings. The van der Waals surface area contributed by atoms with E-state index in [2.05, 4.69) is 4.98 Å². The summed E-state index contributed by atoms with van der Waals surface area (Å²) < 4.78 is 25.4. The molecule has 0 amide bonds. The Kier molecular flexibility index (Phi) is 3.58. The molecule has 8 heteroatoms. The second kappa shape index (κ2) is 5.03. The minimum atomic E-state index is -3.09. The van der Waals surface area contributed by atoms with Gasteiger partial charge < -0.3 is 4.98 Å². The van der Waals surface area contributed by atoms with Gasteiger partial charge in [0, 0.05) is 4.88 Å². The van der Waals surface area contributed by atoms with Gasteiger partial charge in [0.1, 0.15) is 4.83 Å². The summed E-state index contributed by atoms with van der Waals surface area (Å²) in [6.07, 6.45) is 1.25. The first-order chi connectivity index (χ1) is 9.80. The predicted octanol–water partition coefficient (Wildman–Crippen LogP) is 2.49. The fourth-order valence-corrected chi connectivity index (χ4v) is 6.00. The monoisotopic (exact) mass is 344 g/mol. The quantitative estimate of drug-likeness (QED) is 0.807. The molecule has 1 atom stereocenters. The standard InChI is InChI=1S/C13H16N2O3S3/c1-7-8(2)20-11-10(7)12(16)15(13(19)14-11)9-4-3-5-21(17,18)6-9/h9H,3-6H2,1-2H3,(H,14,19). The Hall–Kier alpha value is -0.990. The molecule has 1 N–H and O–H groups in total. The van der Waals surface area contributed by atoms with Gasteiger partial charge in [-0.15, -0.1) is 11.3 Å². The van der Waals surface area contributed by atoms with Crippen LogP contribution in [0, 0.1) is 18.6 Å². The summed E-state index contributed by atoms with van der Waals surface area (Å²) in [6, 6.07) is -0.357. The SMILES string of the molecule is Cc1sc2[nH]c(=S)n(C3CCCS(=O)(=O)C3)c(=O)c2c1C. The Morgan fingerprint density at radius 1 is 1.38 bits per heavy atom. The number of H-pyrrole nitrogens is 1. The normalized spacial score (nSPS) is 21.7. The van der Waals surface area contributed by atoms with Crippen molar-refractivity contribution >= 4 is 43.6 Å². The van der Waals surface area contributed by atoms with Crippen molar-refractivity contribution < 1.29 is 8.42 Å². The number of aromatic amines is 1. The van der Waals surface area contributed by atoms with Crippen molar-refractivity contribution in [2.24, 2.45) is 0 Å². The molecule has 1 aliphatic rings. The molecular formula is C13H16N2O3S3. The molecule has 0 saturated carbocycles. The molecule has 1 aliphatic heterocycles. The molecule has 1 fully saturated rings. The summed E-state index contributed by atoms with van der Waals surface area (Å²) in [5.41, 5.74) is 0.774. The van der Waals surface area contributed by atoms with Crippen molar-refractivity contribution in [3.8, 4) is 0 Å². The van der Waals surface area contributed by atoms with Crippen LogP contribution in [0.1, 0.15) is 29.3 Å². The summed E-state index contributed by atoms with van der Waals surface area (Å²) in [4.78, 5) is 17.7. The highest BCUT2D eigenvalue weighted by molar-refractivity contribution is 7.91. The number of hydrogen-bond acceptors (Lipinski definition) is 5. The van der Waals surface area contributed by atoms with Crippen LogP contribution in [0.3, 0.4) is 0 Å². The topological polar surface area (TPSA) is 71.9 Å². The lowest BCUT2D eigenvalue weighted by Gasteiger charge is -2.24. The van der Waals surface area contributed by atoms with Crippen molar-refractivity contribution in [1.82, 2.24) is 9.55 Å². The van der Waals surface area contributed by atoms with Crippen LogP contribution in [0.15, 0.2) is 4.79 Å². The zero-order valence-corrected chi connectivity index (χ0v) is 14.3. The van der Waals surface area contributed by atoms with E-state index in [1.165, 1.54) is 15.9 Å². The minimum absolute atomic E-state index is 0.00192. The van der Waals surface area contributed by atoms with Gasteiger partial charge in [-0.2, -0.15) is 0 Å². The Bertz CT molecular complexity index is 934. The maximum absolute atomic E-state index is 12.8. The Balaban J connectivity index is 2.26. The van der Waals surface area contributed by atoms with Gasteiger partial charge in [-0.25, -0.2) is 8.42 Å². The highest BCUT2D eigenvalue weighted by atomic mass is 32.2. The van der Waals surface area contributed by atoms with Gasteiger partial charge in [0.05, 0.1) is 22.9 Å². The highest BCUT2D eigenvalue weighted by Gasteiger charge is 2.28. The van der Waals surface area contributed by atoms with Crippen LogP contribution in [-0.4, -0.2) is 29.5 Å². The largest absolute Gasteiger partial charge is 0.323 e. The summed E-state index contributed by atoms with van der Waals surface area (Å²) in [7, 11) is -3.09. The fraction of sp³-hybridized carbons (Fsp3) is 0.538. The van der Waals surface area contributed by atoms with Crippen LogP contribution < -0.4 is 5.56 Å². The number of sulfone groups is 1. The molecule has 1 saturated heterocycles. The summed E-state index contributed by atoms with van der Waals surface area (Å²) in [6.45, 7) is 3.88. The predicted molar refractivity (Wildman–Crippen MR) is 87.7 cm³/mol. The number of nitrogens with one attached hydrogen (secondary N) is 1. The van der Waals surface area contributed by atoms with E-state index >= 15 is 0 Å². The molecule has 3 rings (SSSR count). The van der Waals surface area contributed by atoms with E-state index < -0.39 is 9.84 Å². The molecule has 0 radical (unpaired) electrons. The molecule has 21 heavy (non-hydrogen) atoms. The van der Waals surface area contributed by atoms with Crippen molar-refractivity contribution in [3.63, 3.8) is 0 Å². The first kappa shape index (κ1) is 14.9. The van der Waals surface area contributed by atoms with Crippen LogP contribution in [-0.2, 0) is 9.84 Å². The molecule has 0 aromatic carbocycles. The second-order valence-electron chi connectivity index (χ2n) is 5.50. The van der Waals surface area contributed by atoms with Crippen molar-refractivity contribution in [1.29, 1.82) is 0 Å². The number of aromatic nitrogens is 2. The number of fused-ring (bicyclic) bond motifs is 1. The van der Waals surface area contributed by atoms with Crippen LogP contribution in [0.4, 0.5) is 0 Å². The zero-order chi connectivity index (χ0) is 15.4. The Labute approximate surface area is 131 Å². The first-order valence-electron chi connectivity index (χ1n) is 6.75. The van der Waals surface area contributed by atoms with Gasteiger partial charge in [-0.3, -0.25) is 9.36 Å². The lowest BCUT2D eigenvalue weighted by atomic mass is 10.1. The maximum atomic E-state index is 12.8. The van der Waals surface area contributed by atoms with Gasteiger partial charge in [-0.05, 0) is 44.5 Å². The third-order valence-electron chi connectivity index (χ3n) is 4.06. The smallest absolute Gasteiger partial charge is 0.263 e. The van der Waals surface area contributed by atoms with Crippen LogP contribution in [0.25, 0.3) is 10.2 Å². The van der Waals surface area contributed by atoms with Gasteiger partial charge in [0.2, 0.25) is 0 Å². The molecule has 3 heterocycles. The Morgan fingerprint density at radius 2 is 2.10 bits per heavy atom. The lowest BCUT2D eigenvalue weighted by molar-refractivity contribution is 0.454. The number of hydrogen-bond donors (Lipinski definition) is 1. The van der Waals surface area contributed by atoms with Gasteiger partial charge in [0.15, 0.2) is 14.6 Å². The molecule has 0 spiro atoms. The molecule has 2 aromatic heterocycles. The lowest BCUT2D eigenvalue weighted by Crippen LogP contribution is -2.34. The van der Waals surface area contributed by atoms with E-state index in [1.54, 1.807) is 0 Å². The number of nitrogens with zero attached hydrogens (tertiary/aromatic N) is 1. The fourth-order valence-electron chi connectivity index (χ4n) is 2.88. The molecule has 114 valence electrons.